The highest BCUT2D eigenvalue weighted by atomic mass is 32.2. The average Bonchev–Trinajstić information content (AvgIpc) is 3.11. The molecular weight excluding hydrogens is 419 g/mol. The van der Waals surface area contributed by atoms with Crippen molar-refractivity contribution in [1.82, 2.24) is 15.8 Å². The molecule has 3 rings (SSSR count). The number of nitrogens with one attached hydrogen (secondary N) is 2. The smallest absolute Gasteiger partial charge is 0.267 e. The van der Waals surface area contributed by atoms with Gasteiger partial charge in [0, 0.05) is 22.7 Å². The van der Waals surface area contributed by atoms with Crippen molar-refractivity contribution in [2.75, 3.05) is 0 Å². The molecule has 0 aliphatic heterocycles. The first kappa shape index (κ1) is 20.4. The van der Waals surface area contributed by atoms with E-state index in [4.69, 9.17) is 0 Å². The third kappa shape index (κ3) is 4.95. The van der Waals surface area contributed by atoms with Gasteiger partial charge in [0.05, 0.1) is 15.4 Å². The monoisotopic (exact) mass is 432 g/mol. The van der Waals surface area contributed by atoms with Crippen molar-refractivity contribution >= 4 is 40.6 Å². The summed E-state index contributed by atoms with van der Waals surface area (Å²) >= 11 is 2.48. The number of carbonyl (C=O) groups is 2. The van der Waals surface area contributed by atoms with Crippen LogP contribution in [0.4, 0.5) is 10.1 Å². The maximum atomic E-state index is 13.6. The van der Waals surface area contributed by atoms with E-state index in [2.05, 4.69) is 15.8 Å². The minimum atomic E-state index is -0.850. The minimum Gasteiger partial charge on any atom is -0.267 e. The molecule has 0 bridgehead atoms. The summed E-state index contributed by atoms with van der Waals surface area (Å²) in [5, 5.41) is 13.2. The quantitative estimate of drug-likeness (QED) is 0.469. The summed E-state index contributed by atoms with van der Waals surface area (Å²) in [6.45, 7) is 1.82. The summed E-state index contributed by atoms with van der Waals surface area (Å²) in [7, 11) is 0. The molecule has 2 aromatic carbocycles. The highest BCUT2D eigenvalue weighted by molar-refractivity contribution is 8.01. The Balaban J connectivity index is 1.73. The summed E-state index contributed by atoms with van der Waals surface area (Å²) in [5.74, 6) is -2.37. The van der Waals surface area contributed by atoms with Crippen molar-refractivity contribution in [2.45, 2.75) is 16.2 Å². The first-order chi connectivity index (χ1) is 13.8. The van der Waals surface area contributed by atoms with E-state index in [0.717, 1.165) is 29.6 Å². The van der Waals surface area contributed by atoms with Crippen molar-refractivity contribution in [3.05, 3.63) is 80.6 Å². The number of halogens is 1. The van der Waals surface area contributed by atoms with Crippen LogP contribution in [0.25, 0.3) is 0 Å². The molecule has 3 aromatic rings. The summed E-state index contributed by atoms with van der Waals surface area (Å²) < 4.78 is 14.2. The molecule has 2 N–H and O–H groups in total. The Labute approximate surface area is 172 Å². The molecule has 0 aliphatic rings. The van der Waals surface area contributed by atoms with Crippen LogP contribution < -0.4 is 10.9 Å². The van der Waals surface area contributed by atoms with Crippen LogP contribution in [0.2, 0.25) is 0 Å². The predicted octanol–water partition coefficient (Wildman–Crippen LogP) is 3.72. The van der Waals surface area contributed by atoms with Crippen LogP contribution in [0.3, 0.4) is 0 Å². The van der Waals surface area contributed by atoms with Gasteiger partial charge in [-0.2, -0.15) is 0 Å². The Morgan fingerprint density at radius 2 is 1.90 bits per heavy atom. The average molecular weight is 432 g/mol. The van der Waals surface area contributed by atoms with Gasteiger partial charge in [0.2, 0.25) is 0 Å². The fraction of sp³-hybridized carbons (Fsp3) is 0.0556. The van der Waals surface area contributed by atoms with Crippen molar-refractivity contribution in [1.29, 1.82) is 0 Å². The Bertz CT molecular complexity index is 1100. The molecule has 0 aliphatic carbocycles. The molecule has 11 heteroatoms. The van der Waals surface area contributed by atoms with Gasteiger partial charge in [-0.25, -0.2) is 9.37 Å². The maximum absolute atomic E-state index is 13.6. The van der Waals surface area contributed by atoms with Gasteiger partial charge in [-0.1, -0.05) is 23.9 Å². The topological polar surface area (TPSA) is 114 Å². The van der Waals surface area contributed by atoms with Crippen molar-refractivity contribution in [3.63, 3.8) is 0 Å². The molecular formula is C18H13FN4O4S2. The highest BCUT2D eigenvalue weighted by Crippen LogP contribution is 2.36. The number of nitro benzene ring substituents is 1. The van der Waals surface area contributed by atoms with E-state index in [1.54, 1.807) is 0 Å². The molecule has 2 amide bonds. The lowest BCUT2D eigenvalue weighted by Gasteiger charge is -2.09. The van der Waals surface area contributed by atoms with Crippen LogP contribution in [-0.4, -0.2) is 21.7 Å². The molecule has 0 saturated carbocycles. The second-order valence-electron chi connectivity index (χ2n) is 5.68. The van der Waals surface area contributed by atoms with Gasteiger partial charge in [0.25, 0.3) is 17.5 Å². The number of carbonyl (C=O) groups excluding carboxylic acids is 2. The number of thiazole rings is 1. The molecule has 0 saturated heterocycles. The second kappa shape index (κ2) is 8.80. The number of hydrogen-bond donors (Lipinski definition) is 2. The lowest BCUT2D eigenvalue weighted by Crippen LogP contribution is -2.41. The fourth-order valence-electron chi connectivity index (χ4n) is 2.26. The molecule has 0 unspecified atom stereocenters. The largest absolute Gasteiger partial charge is 0.284 e. The Morgan fingerprint density at radius 1 is 1.17 bits per heavy atom. The number of nitro groups is 1. The Hall–Kier alpha value is -3.31. The Kier molecular flexibility index (Phi) is 6.20. The molecule has 29 heavy (non-hydrogen) atoms. The van der Waals surface area contributed by atoms with Gasteiger partial charge in [0.15, 0.2) is 4.34 Å². The molecule has 1 heterocycles. The zero-order chi connectivity index (χ0) is 21.0. The van der Waals surface area contributed by atoms with E-state index >= 15 is 0 Å². The number of aromatic nitrogens is 1. The second-order valence-corrected chi connectivity index (χ2v) is 7.83. The van der Waals surface area contributed by atoms with Crippen molar-refractivity contribution in [2.24, 2.45) is 0 Å². The molecule has 0 fully saturated rings. The van der Waals surface area contributed by atoms with E-state index in [1.165, 1.54) is 41.7 Å². The van der Waals surface area contributed by atoms with E-state index < -0.39 is 22.6 Å². The van der Waals surface area contributed by atoms with Crippen LogP contribution in [0.1, 0.15) is 26.4 Å². The highest BCUT2D eigenvalue weighted by Gasteiger charge is 2.20. The molecule has 148 valence electrons. The van der Waals surface area contributed by atoms with Crippen LogP contribution in [-0.2, 0) is 0 Å². The number of amides is 2. The number of hydrazine groups is 1. The number of aryl methyl sites for hydroxylation is 1. The summed E-state index contributed by atoms with van der Waals surface area (Å²) in [4.78, 5) is 39.6. The van der Waals surface area contributed by atoms with E-state index in [0.29, 0.717) is 9.24 Å². The van der Waals surface area contributed by atoms with Crippen LogP contribution in [0, 0.1) is 22.9 Å². The first-order valence-corrected chi connectivity index (χ1v) is 9.78. The van der Waals surface area contributed by atoms with Gasteiger partial charge in [-0.05, 0) is 31.2 Å². The molecule has 1 aromatic heterocycles. The zero-order valence-electron chi connectivity index (χ0n) is 14.8. The lowest BCUT2D eigenvalue weighted by atomic mass is 10.2. The fourth-order valence-corrected chi connectivity index (χ4v) is 4.14. The van der Waals surface area contributed by atoms with Gasteiger partial charge in [0.1, 0.15) is 5.82 Å². The molecule has 0 radical (unpaired) electrons. The Morgan fingerprint density at radius 3 is 2.55 bits per heavy atom. The van der Waals surface area contributed by atoms with Crippen LogP contribution in [0.15, 0.2) is 57.1 Å². The van der Waals surface area contributed by atoms with Gasteiger partial charge in [-0.3, -0.25) is 30.6 Å². The van der Waals surface area contributed by atoms with Gasteiger partial charge >= 0.3 is 0 Å². The summed E-state index contributed by atoms with van der Waals surface area (Å²) in [6, 6.07) is 9.20. The third-order valence-corrected chi connectivity index (χ3v) is 5.74. The molecule has 0 atom stereocenters. The van der Waals surface area contributed by atoms with Gasteiger partial charge in [-0.15, -0.1) is 11.3 Å². The number of benzene rings is 2. The van der Waals surface area contributed by atoms with E-state index in [1.807, 2.05) is 12.3 Å². The van der Waals surface area contributed by atoms with Crippen LogP contribution in [0.5, 0.6) is 0 Å². The number of hydrogen-bond acceptors (Lipinski definition) is 7. The SMILES string of the molecule is Cc1csc(Sc2ccc(C(=O)NNC(=O)c3ccccc3F)cc2[N+](=O)[O-])n1. The zero-order valence-corrected chi connectivity index (χ0v) is 16.5. The molecule has 8 nitrogen and oxygen atoms in total. The van der Waals surface area contributed by atoms with E-state index in [-0.39, 0.29) is 16.8 Å². The normalized spacial score (nSPS) is 10.4. The maximum Gasteiger partial charge on any atom is 0.284 e. The molecule has 0 spiro atoms. The predicted molar refractivity (Wildman–Crippen MR) is 105 cm³/mol. The van der Waals surface area contributed by atoms with Gasteiger partial charge < -0.3 is 0 Å². The third-order valence-electron chi connectivity index (χ3n) is 3.62. The lowest BCUT2D eigenvalue weighted by molar-refractivity contribution is -0.387. The van der Waals surface area contributed by atoms with Crippen molar-refractivity contribution in [3.8, 4) is 0 Å². The van der Waals surface area contributed by atoms with Crippen molar-refractivity contribution < 1.29 is 18.9 Å². The van der Waals surface area contributed by atoms with Crippen LogP contribution >= 0.6 is 23.1 Å². The number of rotatable bonds is 5. The number of nitrogens with zero attached hydrogens (tertiary/aromatic N) is 2. The summed E-state index contributed by atoms with van der Waals surface area (Å²) in [6.07, 6.45) is 0. The minimum absolute atomic E-state index is 0.0368. The van der Waals surface area contributed by atoms with E-state index in [9.17, 15) is 24.1 Å². The first-order valence-electron chi connectivity index (χ1n) is 8.09. The standard InChI is InChI=1S/C18H13FN4O4S2/c1-10-9-28-18(20-10)29-15-7-6-11(8-14(15)23(26)27)16(24)21-22-17(25)12-4-2-3-5-13(12)19/h2-9H,1H3,(H,21,24)(H,22,25). The summed E-state index contributed by atoms with van der Waals surface area (Å²) in [5.41, 5.74) is 4.46.